The number of benzene rings is 1. The maximum Gasteiger partial charge on any atom is 0.241 e. The van der Waals surface area contributed by atoms with Crippen LogP contribution in [0.25, 0.3) is 0 Å². The first kappa shape index (κ1) is 15.0. The third-order valence-corrected chi connectivity index (χ3v) is 3.67. The zero-order valence-electron chi connectivity index (χ0n) is 11.8. The van der Waals surface area contributed by atoms with Crippen molar-refractivity contribution >= 4 is 11.6 Å². The first-order valence-electron chi connectivity index (χ1n) is 7.01. The van der Waals surface area contributed by atoms with Crippen LogP contribution >= 0.6 is 0 Å². The second kappa shape index (κ2) is 6.83. The van der Waals surface area contributed by atoms with E-state index in [2.05, 4.69) is 6.07 Å². The van der Waals surface area contributed by atoms with Gasteiger partial charge in [-0.15, -0.1) is 0 Å². The number of carbonyl (C=O) groups excluding carboxylic acids is 1. The van der Waals surface area contributed by atoms with Crippen LogP contribution in [-0.2, 0) is 11.2 Å². The molecular weight excluding hydrogens is 256 g/mol. The number of anilines is 1. The summed E-state index contributed by atoms with van der Waals surface area (Å²) in [6, 6.07) is 8.11. The van der Waals surface area contributed by atoms with Crippen LogP contribution in [0.1, 0.15) is 12.5 Å². The molecule has 1 unspecified atom stereocenters. The summed E-state index contributed by atoms with van der Waals surface area (Å²) in [5.74, 6) is 0.0179. The van der Waals surface area contributed by atoms with Crippen molar-refractivity contribution in [3.63, 3.8) is 0 Å². The molecule has 1 amide bonds. The van der Waals surface area contributed by atoms with Gasteiger partial charge in [-0.25, -0.2) is 0 Å². The van der Waals surface area contributed by atoms with E-state index in [4.69, 9.17) is 10.2 Å². The summed E-state index contributed by atoms with van der Waals surface area (Å²) in [5, 5.41) is 18.0. The summed E-state index contributed by atoms with van der Waals surface area (Å²) in [6.45, 7) is 3.03. The lowest BCUT2D eigenvalue weighted by molar-refractivity contribution is -0.120. The molecule has 1 atom stereocenters. The fourth-order valence-electron chi connectivity index (χ4n) is 2.77. The molecule has 0 radical (unpaired) electrons. The van der Waals surface area contributed by atoms with Gasteiger partial charge in [-0.1, -0.05) is 18.2 Å². The lowest BCUT2D eigenvalue weighted by Crippen LogP contribution is -2.44. The SMILES string of the molecule is CC1Cc2ccccc2N1C(=O)CN(CCO)CCO. The van der Waals surface area contributed by atoms with Crippen LogP contribution in [-0.4, -0.2) is 59.9 Å². The van der Waals surface area contributed by atoms with Gasteiger partial charge in [0.2, 0.25) is 5.91 Å². The molecule has 20 heavy (non-hydrogen) atoms. The van der Waals surface area contributed by atoms with Gasteiger partial charge in [0.25, 0.3) is 0 Å². The first-order valence-corrected chi connectivity index (χ1v) is 7.01. The Kier molecular flexibility index (Phi) is 5.11. The Labute approximate surface area is 119 Å². The van der Waals surface area contributed by atoms with Gasteiger partial charge in [-0.05, 0) is 25.0 Å². The molecule has 0 bridgehead atoms. The summed E-state index contributed by atoms with van der Waals surface area (Å²) < 4.78 is 0. The lowest BCUT2D eigenvalue weighted by atomic mass is 10.1. The maximum atomic E-state index is 12.5. The quantitative estimate of drug-likeness (QED) is 0.783. The number of hydrogen-bond donors (Lipinski definition) is 2. The van der Waals surface area contributed by atoms with Crippen LogP contribution in [0.4, 0.5) is 5.69 Å². The van der Waals surface area contributed by atoms with Gasteiger partial charge in [0, 0.05) is 24.8 Å². The molecule has 2 rings (SSSR count). The maximum absolute atomic E-state index is 12.5. The van der Waals surface area contributed by atoms with Crippen LogP contribution in [0.15, 0.2) is 24.3 Å². The second-order valence-corrected chi connectivity index (χ2v) is 5.17. The molecule has 2 N–H and O–H groups in total. The van der Waals surface area contributed by atoms with E-state index in [0.29, 0.717) is 13.1 Å². The van der Waals surface area contributed by atoms with Crippen LogP contribution in [0.5, 0.6) is 0 Å². The van der Waals surface area contributed by atoms with Gasteiger partial charge in [0.15, 0.2) is 0 Å². The Hall–Kier alpha value is -1.43. The summed E-state index contributed by atoms with van der Waals surface area (Å²) in [7, 11) is 0. The zero-order valence-corrected chi connectivity index (χ0v) is 11.8. The van der Waals surface area contributed by atoms with E-state index in [1.54, 1.807) is 4.90 Å². The van der Waals surface area contributed by atoms with Gasteiger partial charge >= 0.3 is 0 Å². The molecule has 1 heterocycles. The summed E-state index contributed by atoms with van der Waals surface area (Å²) in [6.07, 6.45) is 0.877. The molecule has 0 saturated carbocycles. The number of amides is 1. The van der Waals surface area contributed by atoms with E-state index in [9.17, 15) is 4.79 Å². The molecule has 0 saturated heterocycles. The van der Waals surface area contributed by atoms with Crippen molar-refractivity contribution in [1.82, 2.24) is 4.90 Å². The van der Waals surface area contributed by atoms with Crippen molar-refractivity contribution < 1.29 is 15.0 Å². The molecule has 5 heteroatoms. The predicted molar refractivity (Wildman–Crippen MR) is 77.7 cm³/mol. The monoisotopic (exact) mass is 278 g/mol. The Morgan fingerprint density at radius 2 is 1.95 bits per heavy atom. The predicted octanol–water partition coefficient (Wildman–Crippen LogP) is 0.251. The third-order valence-electron chi connectivity index (χ3n) is 3.67. The fourth-order valence-corrected chi connectivity index (χ4v) is 2.77. The standard InChI is InChI=1S/C15H22N2O3/c1-12-10-13-4-2-3-5-14(13)17(12)15(20)11-16(6-8-18)7-9-19/h2-5,12,18-19H,6-11H2,1H3. The van der Waals surface area contributed by atoms with Gasteiger partial charge in [0.1, 0.15) is 0 Å². The number of aliphatic hydroxyl groups excluding tert-OH is 2. The van der Waals surface area contributed by atoms with Crippen molar-refractivity contribution in [3.05, 3.63) is 29.8 Å². The topological polar surface area (TPSA) is 64.0 Å². The number of rotatable bonds is 6. The number of carbonyl (C=O) groups is 1. The van der Waals surface area contributed by atoms with E-state index in [1.807, 2.05) is 30.0 Å². The normalized spacial score (nSPS) is 17.6. The zero-order chi connectivity index (χ0) is 14.5. The minimum Gasteiger partial charge on any atom is -0.395 e. The number of para-hydroxylation sites is 1. The average Bonchev–Trinajstić information content (AvgIpc) is 2.75. The van der Waals surface area contributed by atoms with Gasteiger partial charge in [-0.2, -0.15) is 0 Å². The highest BCUT2D eigenvalue weighted by molar-refractivity contribution is 5.97. The summed E-state index contributed by atoms with van der Waals surface area (Å²) in [4.78, 5) is 16.1. The van der Waals surface area contributed by atoms with Crippen molar-refractivity contribution in [2.45, 2.75) is 19.4 Å². The van der Waals surface area contributed by atoms with Crippen molar-refractivity contribution in [2.75, 3.05) is 37.7 Å². The lowest BCUT2D eigenvalue weighted by Gasteiger charge is -2.27. The number of nitrogens with zero attached hydrogens (tertiary/aromatic N) is 2. The molecule has 110 valence electrons. The Morgan fingerprint density at radius 1 is 1.30 bits per heavy atom. The molecule has 5 nitrogen and oxygen atoms in total. The highest BCUT2D eigenvalue weighted by Gasteiger charge is 2.30. The largest absolute Gasteiger partial charge is 0.395 e. The van der Waals surface area contributed by atoms with E-state index in [1.165, 1.54) is 5.56 Å². The van der Waals surface area contributed by atoms with Crippen molar-refractivity contribution in [1.29, 1.82) is 0 Å². The van der Waals surface area contributed by atoms with E-state index in [0.717, 1.165) is 12.1 Å². The van der Waals surface area contributed by atoms with Gasteiger partial charge < -0.3 is 15.1 Å². The molecule has 0 fully saturated rings. The minimum atomic E-state index is -0.0145. The van der Waals surface area contributed by atoms with Gasteiger partial charge in [-0.3, -0.25) is 9.69 Å². The average molecular weight is 278 g/mol. The molecule has 0 aromatic heterocycles. The minimum absolute atomic E-state index is 0.0145. The second-order valence-electron chi connectivity index (χ2n) is 5.17. The fraction of sp³-hybridized carbons (Fsp3) is 0.533. The smallest absolute Gasteiger partial charge is 0.241 e. The molecule has 1 aromatic carbocycles. The molecule has 1 aromatic rings. The molecule has 0 aliphatic carbocycles. The van der Waals surface area contributed by atoms with Crippen molar-refractivity contribution in [2.24, 2.45) is 0 Å². The summed E-state index contributed by atoms with van der Waals surface area (Å²) >= 11 is 0. The highest BCUT2D eigenvalue weighted by atomic mass is 16.3. The van der Waals surface area contributed by atoms with Crippen LogP contribution in [0.3, 0.4) is 0 Å². The van der Waals surface area contributed by atoms with E-state index < -0.39 is 0 Å². The van der Waals surface area contributed by atoms with Crippen LogP contribution in [0, 0.1) is 0 Å². The van der Waals surface area contributed by atoms with E-state index >= 15 is 0 Å². The highest BCUT2D eigenvalue weighted by Crippen LogP contribution is 2.31. The first-order chi connectivity index (χ1) is 9.67. The molecular formula is C15H22N2O3. The molecule has 1 aliphatic rings. The number of fused-ring (bicyclic) bond motifs is 1. The molecule has 1 aliphatic heterocycles. The van der Waals surface area contributed by atoms with Crippen LogP contribution in [0.2, 0.25) is 0 Å². The van der Waals surface area contributed by atoms with Crippen LogP contribution < -0.4 is 4.90 Å². The van der Waals surface area contributed by atoms with Gasteiger partial charge in [0.05, 0.1) is 19.8 Å². The Balaban J connectivity index is 2.08. The summed E-state index contributed by atoms with van der Waals surface area (Å²) in [5.41, 5.74) is 2.18. The van der Waals surface area contributed by atoms with Crippen molar-refractivity contribution in [3.8, 4) is 0 Å². The number of aliphatic hydroxyl groups is 2. The molecule has 0 spiro atoms. The Bertz CT molecular complexity index is 458. The third kappa shape index (κ3) is 3.17. The number of hydrogen-bond acceptors (Lipinski definition) is 4. The Morgan fingerprint density at radius 3 is 2.60 bits per heavy atom. The van der Waals surface area contributed by atoms with E-state index in [-0.39, 0.29) is 31.7 Å².